The van der Waals surface area contributed by atoms with E-state index in [2.05, 4.69) is 15.9 Å². The van der Waals surface area contributed by atoms with E-state index in [-0.39, 0.29) is 11.4 Å². The van der Waals surface area contributed by atoms with Crippen LogP contribution in [-0.4, -0.2) is 5.11 Å². The third kappa shape index (κ3) is 1.44. The van der Waals surface area contributed by atoms with Gasteiger partial charge in [-0.1, -0.05) is 11.6 Å². The summed E-state index contributed by atoms with van der Waals surface area (Å²) in [7, 11) is 0. The lowest BCUT2D eigenvalue weighted by atomic mass is 10.2. The van der Waals surface area contributed by atoms with Gasteiger partial charge in [0.2, 0.25) is 0 Å². The van der Waals surface area contributed by atoms with Crippen LogP contribution in [0.3, 0.4) is 0 Å². The Labute approximate surface area is 78.1 Å². The van der Waals surface area contributed by atoms with E-state index in [0.29, 0.717) is 9.50 Å². The molecule has 1 rings (SSSR count). The van der Waals surface area contributed by atoms with E-state index < -0.39 is 0 Å². The van der Waals surface area contributed by atoms with Gasteiger partial charge in [0.1, 0.15) is 0 Å². The van der Waals surface area contributed by atoms with Crippen molar-refractivity contribution in [2.24, 2.45) is 0 Å². The first-order valence-electron chi connectivity index (χ1n) is 2.97. The number of nitrogens with two attached hydrogens (primary N) is 1. The Bertz CT molecular complexity index is 275. The second-order valence-electron chi connectivity index (χ2n) is 2.24. The van der Waals surface area contributed by atoms with Gasteiger partial charge >= 0.3 is 0 Å². The largest absolute Gasteiger partial charge is 0.505 e. The molecule has 1 aromatic carbocycles. The third-order valence-corrected chi connectivity index (χ3v) is 2.81. The molecule has 1 aromatic rings. The van der Waals surface area contributed by atoms with E-state index in [4.69, 9.17) is 17.3 Å². The highest BCUT2D eigenvalue weighted by molar-refractivity contribution is 9.10. The molecule has 0 bridgehead atoms. The molecule has 0 atom stereocenters. The van der Waals surface area contributed by atoms with Crippen LogP contribution in [0.4, 0.5) is 5.69 Å². The summed E-state index contributed by atoms with van der Waals surface area (Å²) < 4.78 is 0.558. The van der Waals surface area contributed by atoms with Crippen LogP contribution in [0.25, 0.3) is 0 Å². The van der Waals surface area contributed by atoms with Gasteiger partial charge in [0.15, 0.2) is 5.75 Å². The Morgan fingerprint density at radius 3 is 2.73 bits per heavy atom. The SMILES string of the molecule is Cc1c(Cl)cc(N)c(O)c1Br. The number of anilines is 1. The zero-order valence-corrected chi connectivity index (χ0v) is 8.20. The van der Waals surface area contributed by atoms with Crippen molar-refractivity contribution in [2.75, 3.05) is 5.73 Å². The Balaban J connectivity index is 3.46. The number of benzene rings is 1. The van der Waals surface area contributed by atoms with Gasteiger partial charge in [-0.15, -0.1) is 0 Å². The first-order valence-corrected chi connectivity index (χ1v) is 4.14. The molecule has 0 aliphatic heterocycles. The fourth-order valence-electron chi connectivity index (χ4n) is 0.722. The minimum absolute atomic E-state index is 0.0481. The second-order valence-corrected chi connectivity index (χ2v) is 3.44. The van der Waals surface area contributed by atoms with Crippen LogP contribution < -0.4 is 5.73 Å². The van der Waals surface area contributed by atoms with Crippen LogP contribution in [0.1, 0.15) is 5.56 Å². The summed E-state index contributed by atoms with van der Waals surface area (Å²) in [6.07, 6.45) is 0. The van der Waals surface area contributed by atoms with Crippen LogP contribution in [0.5, 0.6) is 5.75 Å². The average molecular weight is 236 g/mol. The molecule has 0 aliphatic carbocycles. The van der Waals surface area contributed by atoms with E-state index in [9.17, 15) is 5.11 Å². The molecule has 0 unspecified atom stereocenters. The first kappa shape index (κ1) is 8.68. The number of phenolic OH excluding ortho intramolecular Hbond substituents is 1. The topological polar surface area (TPSA) is 46.2 Å². The van der Waals surface area contributed by atoms with E-state index in [1.165, 1.54) is 6.07 Å². The summed E-state index contributed by atoms with van der Waals surface area (Å²) in [6.45, 7) is 1.80. The number of halogens is 2. The standard InChI is InChI=1S/C7H7BrClNO/c1-3-4(9)2-5(10)7(11)6(3)8/h2,11H,10H2,1H3. The zero-order valence-electron chi connectivity index (χ0n) is 5.86. The summed E-state index contributed by atoms with van der Waals surface area (Å²) >= 11 is 8.94. The van der Waals surface area contributed by atoms with Gasteiger partial charge in [-0.2, -0.15) is 0 Å². The van der Waals surface area contributed by atoms with E-state index >= 15 is 0 Å². The zero-order chi connectivity index (χ0) is 8.59. The molecule has 0 fully saturated rings. The number of nitrogen functional groups attached to an aromatic ring is 1. The lowest BCUT2D eigenvalue weighted by Gasteiger charge is -2.05. The Hall–Kier alpha value is -0.410. The summed E-state index contributed by atoms with van der Waals surface area (Å²) in [5.74, 6) is 0.0481. The molecule has 0 saturated carbocycles. The van der Waals surface area contributed by atoms with E-state index in [0.717, 1.165) is 5.56 Å². The molecule has 0 spiro atoms. The highest BCUT2D eigenvalue weighted by atomic mass is 79.9. The summed E-state index contributed by atoms with van der Waals surface area (Å²) in [6, 6.07) is 1.52. The van der Waals surface area contributed by atoms with Gasteiger partial charge in [-0.3, -0.25) is 0 Å². The van der Waals surface area contributed by atoms with Crippen molar-refractivity contribution in [3.63, 3.8) is 0 Å². The second kappa shape index (κ2) is 2.91. The Morgan fingerprint density at radius 1 is 1.64 bits per heavy atom. The normalized spacial score (nSPS) is 10.1. The molecule has 3 N–H and O–H groups in total. The minimum atomic E-state index is 0.0481. The molecule has 0 aliphatic rings. The van der Waals surface area contributed by atoms with Crippen molar-refractivity contribution in [2.45, 2.75) is 6.92 Å². The van der Waals surface area contributed by atoms with Crippen molar-refractivity contribution >= 4 is 33.2 Å². The van der Waals surface area contributed by atoms with Crippen LogP contribution in [0.15, 0.2) is 10.5 Å². The van der Waals surface area contributed by atoms with Crippen molar-refractivity contribution in [1.29, 1.82) is 0 Å². The third-order valence-electron chi connectivity index (χ3n) is 1.45. The molecular weight excluding hydrogens is 229 g/mol. The maximum absolute atomic E-state index is 9.28. The smallest absolute Gasteiger partial charge is 0.153 e. The maximum atomic E-state index is 9.28. The van der Waals surface area contributed by atoms with Crippen molar-refractivity contribution in [3.8, 4) is 5.75 Å². The lowest BCUT2D eigenvalue weighted by molar-refractivity contribution is 0.474. The molecule has 0 heterocycles. The summed E-state index contributed by atoms with van der Waals surface area (Å²) in [5.41, 5.74) is 6.50. The van der Waals surface area contributed by atoms with Gasteiger partial charge in [0.05, 0.1) is 10.2 Å². The highest BCUT2D eigenvalue weighted by Gasteiger charge is 2.08. The first-order chi connectivity index (χ1) is 5.04. The number of rotatable bonds is 0. The number of hydrogen-bond donors (Lipinski definition) is 2. The van der Waals surface area contributed by atoms with E-state index in [1.54, 1.807) is 6.92 Å². The van der Waals surface area contributed by atoms with Crippen molar-refractivity contribution < 1.29 is 5.11 Å². The lowest BCUT2D eigenvalue weighted by Crippen LogP contribution is -1.88. The molecule has 11 heavy (non-hydrogen) atoms. The molecule has 0 aromatic heterocycles. The van der Waals surface area contributed by atoms with Gasteiger partial charge in [-0.05, 0) is 34.5 Å². The molecule has 2 nitrogen and oxygen atoms in total. The van der Waals surface area contributed by atoms with Crippen molar-refractivity contribution in [1.82, 2.24) is 0 Å². The van der Waals surface area contributed by atoms with Gasteiger partial charge in [-0.25, -0.2) is 0 Å². The summed E-state index contributed by atoms with van der Waals surface area (Å²) in [4.78, 5) is 0. The van der Waals surface area contributed by atoms with Crippen LogP contribution in [-0.2, 0) is 0 Å². The van der Waals surface area contributed by atoms with Crippen LogP contribution >= 0.6 is 27.5 Å². The van der Waals surface area contributed by atoms with Crippen LogP contribution in [0, 0.1) is 6.92 Å². The van der Waals surface area contributed by atoms with Crippen LogP contribution in [0.2, 0.25) is 5.02 Å². The molecule has 0 amide bonds. The van der Waals surface area contributed by atoms with Crippen molar-refractivity contribution in [3.05, 3.63) is 21.1 Å². The van der Waals surface area contributed by atoms with Gasteiger partial charge in [0.25, 0.3) is 0 Å². The number of hydrogen-bond acceptors (Lipinski definition) is 2. The predicted octanol–water partition coefficient (Wildman–Crippen LogP) is 2.70. The summed E-state index contributed by atoms with van der Waals surface area (Å²) in [5, 5.41) is 9.83. The van der Waals surface area contributed by atoms with E-state index in [1.807, 2.05) is 0 Å². The molecule has 4 heteroatoms. The van der Waals surface area contributed by atoms with Gasteiger partial charge in [0, 0.05) is 5.02 Å². The maximum Gasteiger partial charge on any atom is 0.153 e. The predicted molar refractivity (Wildman–Crippen MR) is 50.0 cm³/mol. The monoisotopic (exact) mass is 235 g/mol. The molecular formula is C7H7BrClNO. The highest BCUT2D eigenvalue weighted by Crippen LogP contribution is 2.36. The molecule has 0 radical (unpaired) electrons. The fraction of sp³-hybridized carbons (Fsp3) is 0.143. The molecule has 0 saturated heterocycles. The Kier molecular flexibility index (Phi) is 2.30. The quantitative estimate of drug-likeness (QED) is 0.537. The number of aromatic hydroxyl groups is 1. The van der Waals surface area contributed by atoms with Gasteiger partial charge < -0.3 is 10.8 Å². The fourth-order valence-corrected chi connectivity index (χ4v) is 1.49. The Morgan fingerprint density at radius 2 is 2.18 bits per heavy atom. The number of phenols is 1. The molecule has 60 valence electrons. The average Bonchev–Trinajstić information content (AvgIpc) is 1.97. The minimum Gasteiger partial charge on any atom is -0.505 e.